The van der Waals surface area contributed by atoms with Crippen molar-refractivity contribution < 1.29 is 9.66 Å². The average Bonchev–Trinajstić information content (AvgIpc) is 2.92. The molecule has 1 spiro atoms. The standard InChI is InChI=1S/C15H20N2O3/c1-10-4-5-12(11(8-10)17(18)19)20-14-9-13(16)15(14)6-2-3-7-15/h4-5,8,13-14H,2-3,6-7,9,16H2,1H3. The molecule has 3 rings (SSSR count). The first-order valence-electron chi connectivity index (χ1n) is 7.20. The van der Waals surface area contributed by atoms with Crippen LogP contribution >= 0.6 is 0 Å². The fourth-order valence-corrected chi connectivity index (χ4v) is 3.69. The lowest BCUT2D eigenvalue weighted by atomic mass is 9.61. The summed E-state index contributed by atoms with van der Waals surface area (Å²) >= 11 is 0. The molecule has 1 aromatic carbocycles. The van der Waals surface area contributed by atoms with E-state index in [2.05, 4.69) is 0 Å². The van der Waals surface area contributed by atoms with Gasteiger partial charge >= 0.3 is 5.69 Å². The normalized spacial score (nSPS) is 27.3. The highest BCUT2D eigenvalue weighted by atomic mass is 16.6. The van der Waals surface area contributed by atoms with Gasteiger partial charge < -0.3 is 10.5 Å². The minimum atomic E-state index is -0.373. The molecule has 0 aliphatic heterocycles. The molecule has 2 atom stereocenters. The summed E-state index contributed by atoms with van der Waals surface area (Å²) in [4.78, 5) is 10.8. The molecule has 2 fully saturated rings. The van der Waals surface area contributed by atoms with Crippen LogP contribution in [0.25, 0.3) is 0 Å². The van der Waals surface area contributed by atoms with Crippen LogP contribution in [-0.2, 0) is 0 Å². The van der Waals surface area contributed by atoms with Crippen molar-refractivity contribution in [1.82, 2.24) is 0 Å². The zero-order valence-corrected chi connectivity index (χ0v) is 11.7. The first kappa shape index (κ1) is 13.4. The van der Waals surface area contributed by atoms with Gasteiger partial charge in [0.2, 0.25) is 0 Å². The van der Waals surface area contributed by atoms with Crippen LogP contribution in [0.4, 0.5) is 5.69 Å². The number of nitrogens with two attached hydrogens (primary N) is 1. The van der Waals surface area contributed by atoms with Gasteiger partial charge in [0.1, 0.15) is 6.10 Å². The van der Waals surface area contributed by atoms with Crippen LogP contribution < -0.4 is 10.5 Å². The molecular formula is C15H20N2O3. The van der Waals surface area contributed by atoms with E-state index in [1.165, 1.54) is 12.8 Å². The molecular weight excluding hydrogens is 256 g/mol. The summed E-state index contributed by atoms with van der Waals surface area (Å²) in [6.07, 6.45) is 5.36. The number of ether oxygens (including phenoxy) is 1. The molecule has 5 nitrogen and oxygen atoms in total. The number of nitro groups is 1. The molecule has 2 saturated carbocycles. The first-order chi connectivity index (χ1) is 9.53. The van der Waals surface area contributed by atoms with Crippen LogP contribution in [0.2, 0.25) is 0 Å². The van der Waals surface area contributed by atoms with Crippen molar-refractivity contribution in [2.75, 3.05) is 0 Å². The number of nitrogens with zero attached hydrogens (tertiary/aromatic N) is 1. The summed E-state index contributed by atoms with van der Waals surface area (Å²) < 4.78 is 5.98. The number of rotatable bonds is 3. The SMILES string of the molecule is Cc1ccc(OC2CC(N)C23CCCC3)c([N+](=O)[O-])c1. The van der Waals surface area contributed by atoms with Crippen molar-refractivity contribution in [3.63, 3.8) is 0 Å². The highest BCUT2D eigenvalue weighted by Gasteiger charge is 2.56. The van der Waals surface area contributed by atoms with Gasteiger partial charge in [-0.25, -0.2) is 0 Å². The van der Waals surface area contributed by atoms with Crippen LogP contribution in [0.3, 0.4) is 0 Å². The lowest BCUT2D eigenvalue weighted by molar-refractivity contribution is -0.386. The Balaban J connectivity index is 1.84. The van der Waals surface area contributed by atoms with Gasteiger partial charge in [-0.05, 0) is 31.4 Å². The maximum atomic E-state index is 11.1. The Hall–Kier alpha value is -1.62. The second kappa shape index (κ2) is 4.74. The van der Waals surface area contributed by atoms with Gasteiger partial charge in [-0.2, -0.15) is 0 Å². The van der Waals surface area contributed by atoms with Crippen LogP contribution in [-0.4, -0.2) is 17.1 Å². The first-order valence-corrected chi connectivity index (χ1v) is 7.20. The molecule has 2 unspecified atom stereocenters. The summed E-state index contributed by atoms with van der Waals surface area (Å²) in [6.45, 7) is 1.84. The molecule has 5 heteroatoms. The summed E-state index contributed by atoms with van der Waals surface area (Å²) in [5, 5.41) is 11.1. The third kappa shape index (κ3) is 1.97. The fourth-order valence-electron chi connectivity index (χ4n) is 3.69. The van der Waals surface area contributed by atoms with Crippen molar-refractivity contribution >= 4 is 5.69 Å². The molecule has 2 N–H and O–H groups in total. The molecule has 0 aromatic heterocycles. The maximum Gasteiger partial charge on any atom is 0.311 e. The molecule has 0 radical (unpaired) electrons. The zero-order valence-electron chi connectivity index (χ0n) is 11.7. The number of hydrogen-bond acceptors (Lipinski definition) is 4. The van der Waals surface area contributed by atoms with Gasteiger partial charge in [-0.3, -0.25) is 10.1 Å². The van der Waals surface area contributed by atoms with Gasteiger partial charge in [0.05, 0.1) is 4.92 Å². The Bertz CT molecular complexity index is 538. The quantitative estimate of drug-likeness (QED) is 0.680. The van der Waals surface area contributed by atoms with E-state index in [1.807, 2.05) is 13.0 Å². The number of aryl methyl sites for hydroxylation is 1. The Kier molecular flexibility index (Phi) is 3.17. The number of nitro benzene ring substituents is 1. The largest absolute Gasteiger partial charge is 0.483 e. The summed E-state index contributed by atoms with van der Waals surface area (Å²) in [5.74, 6) is 0.378. The van der Waals surface area contributed by atoms with Crippen molar-refractivity contribution in [2.24, 2.45) is 11.1 Å². The lowest BCUT2D eigenvalue weighted by Gasteiger charge is -2.51. The topological polar surface area (TPSA) is 78.4 Å². The van der Waals surface area contributed by atoms with E-state index in [0.717, 1.165) is 24.8 Å². The van der Waals surface area contributed by atoms with Crippen molar-refractivity contribution in [1.29, 1.82) is 0 Å². The van der Waals surface area contributed by atoms with E-state index in [1.54, 1.807) is 12.1 Å². The molecule has 0 amide bonds. The van der Waals surface area contributed by atoms with E-state index in [-0.39, 0.29) is 28.2 Å². The third-order valence-corrected chi connectivity index (χ3v) is 4.96. The molecule has 2 aliphatic carbocycles. The van der Waals surface area contributed by atoms with Gasteiger partial charge in [0, 0.05) is 23.9 Å². The van der Waals surface area contributed by atoms with E-state index >= 15 is 0 Å². The molecule has 108 valence electrons. The average molecular weight is 276 g/mol. The lowest BCUT2D eigenvalue weighted by Crippen LogP contribution is -2.62. The predicted molar refractivity (Wildman–Crippen MR) is 75.7 cm³/mol. The monoisotopic (exact) mass is 276 g/mol. The van der Waals surface area contributed by atoms with Crippen LogP contribution in [0.1, 0.15) is 37.7 Å². The van der Waals surface area contributed by atoms with Crippen LogP contribution in [0.5, 0.6) is 5.75 Å². The minimum Gasteiger partial charge on any atom is -0.483 e. The molecule has 0 heterocycles. The van der Waals surface area contributed by atoms with Crippen LogP contribution in [0.15, 0.2) is 18.2 Å². The smallest absolute Gasteiger partial charge is 0.311 e. The zero-order chi connectivity index (χ0) is 14.3. The van der Waals surface area contributed by atoms with E-state index in [4.69, 9.17) is 10.5 Å². The van der Waals surface area contributed by atoms with Gasteiger partial charge in [-0.15, -0.1) is 0 Å². The molecule has 2 aliphatic rings. The van der Waals surface area contributed by atoms with Crippen molar-refractivity contribution in [3.8, 4) is 5.75 Å². The second-order valence-electron chi connectivity index (χ2n) is 6.12. The molecule has 1 aromatic rings. The second-order valence-corrected chi connectivity index (χ2v) is 6.12. The summed E-state index contributed by atoms with van der Waals surface area (Å²) in [5.41, 5.74) is 7.15. The number of hydrogen-bond donors (Lipinski definition) is 1. The third-order valence-electron chi connectivity index (χ3n) is 4.96. The summed E-state index contributed by atoms with van der Waals surface area (Å²) in [6, 6.07) is 5.30. The van der Waals surface area contributed by atoms with E-state index in [9.17, 15) is 10.1 Å². The van der Waals surface area contributed by atoms with Gasteiger partial charge in [-0.1, -0.05) is 18.9 Å². The number of benzene rings is 1. The molecule has 0 bridgehead atoms. The minimum absolute atomic E-state index is 0.0291. The molecule has 20 heavy (non-hydrogen) atoms. The van der Waals surface area contributed by atoms with Gasteiger partial charge in [0.25, 0.3) is 0 Å². The highest BCUT2D eigenvalue weighted by molar-refractivity contribution is 5.48. The van der Waals surface area contributed by atoms with Crippen molar-refractivity contribution in [3.05, 3.63) is 33.9 Å². The van der Waals surface area contributed by atoms with E-state index in [0.29, 0.717) is 5.75 Å². The van der Waals surface area contributed by atoms with Crippen molar-refractivity contribution in [2.45, 2.75) is 51.2 Å². The highest BCUT2D eigenvalue weighted by Crippen LogP contribution is 2.54. The predicted octanol–water partition coefficient (Wildman–Crippen LogP) is 2.94. The Morgan fingerprint density at radius 1 is 1.40 bits per heavy atom. The maximum absolute atomic E-state index is 11.1. The Morgan fingerprint density at radius 2 is 2.10 bits per heavy atom. The Labute approximate surface area is 118 Å². The molecule has 0 saturated heterocycles. The Morgan fingerprint density at radius 3 is 2.70 bits per heavy atom. The van der Waals surface area contributed by atoms with E-state index < -0.39 is 0 Å². The van der Waals surface area contributed by atoms with Gasteiger partial charge in [0.15, 0.2) is 5.75 Å². The van der Waals surface area contributed by atoms with Crippen LogP contribution in [0, 0.1) is 22.5 Å². The summed E-state index contributed by atoms with van der Waals surface area (Å²) in [7, 11) is 0. The fraction of sp³-hybridized carbons (Fsp3) is 0.600.